The summed E-state index contributed by atoms with van der Waals surface area (Å²) in [4.78, 5) is 9.00. The molecular formula is C12H20IN3O. The molecule has 1 rings (SSSR count). The Morgan fingerprint density at radius 2 is 2.00 bits per heavy atom. The Kier molecular flexibility index (Phi) is 5.58. The molecule has 0 unspecified atom stereocenters. The second-order valence-corrected chi connectivity index (χ2v) is 4.94. The fourth-order valence-electron chi connectivity index (χ4n) is 1.87. The number of nitrogens with zero attached hydrogens (tertiary/aromatic N) is 2. The number of nitrogens with one attached hydrogen (secondary N) is 1. The molecule has 0 aliphatic heterocycles. The lowest BCUT2D eigenvalue weighted by atomic mass is 9.96. The van der Waals surface area contributed by atoms with Gasteiger partial charge in [-0.2, -0.15) is 0 Å². The standard InChI is InChI=1S/C12H20IN3O/c1-5-12(6-2,17-7-3)11-15-8-9(13)10(14-4)16-11/h8H,5-7H2,1-4H3,(H,14,15,16). The van der Waals surface area contributed by atoms with E-state index in [9.17, 15) is 0 Å². The van der Waals surface area contributed by atoms with Crippen LogP contribution in [0.15, 0.2) is 6.20 Å². The molecule has 17 heavy (non-hydrogen) atoms. The average molecular weight is 349 g/mol. The lowest BCUT2D eigenvalue weighted by molar-refractivity contribution is -0.0570. The van der Waals surface area contributed by atoms with Crippen LogP contribution in [0.1, 0.15) is 39.4 Å². The van der Waals surface area contributed by atoms with Crippen LogP contribution in [0.25, 0.3) is 0 Å². The second-order valence-electron chi connectivity index (χ2n) is 3.77. The Bertz CT molecular complexity index is 367. The third-order valence-corrected chi connectivity index (χ3v) is 3.74. The largest absolute Gasteiger partial charge is 0.372 e. The summed E-state index contributed by atoms with van der Waals surface area (Å²) in [5.41, 5.74) is -0.356. The van der Waals surface area contributed by atoms with Crippen LogP contribution in [-0.4, -0.2) is 23.6 Å². The number of hydrogen-bond donors (Lipinski definition) is 1. The number of rotatable bonds is 6. The second kappa shape index (κ2) is 6.49. The number of halogens is 1. The van der Waals surface area contributed by atoms with Crippen LogP contribution < -0.4 is 5.32 Å². The fraction of sp³-hybridized carbons (Fsp3) is 0.667. The first-order chi connectivity index (χ1) is 8.13. The summed E-state index contributed by atoms with van der Waals surface area (Å²) in [6, 6.07) is 0. The van der Waals surface area contributed by atoms with Crippen LogP contribution in [0, 0.1) is 3.57 Å². The Hall–Kier alpha value is -0.430. The predicted molar refractivity (Wildman–Crippen MR) is 78.2 cm³/mol. The maximum absolute atomic E-state index is 5.90. The quantitative estimate of drug-likeness (QED) is 0.802. The molecule has 0 aliphatic carbocycles. The predicted octanol–water partition coefficient (Wildman–Crippen LogP) is 3.17. The molecule has 5 heteroatoms. The van der Waals surface area contributed by atoms with Crippen LogP contribution in [0.2, 0.25) is 0 Å². The summed E-state index contributed by atoms with van der Waals surface area (Å²) < 4.78 is 6.92. The molecule has 1 aromatic heterocycles. The summed E-state index contributed by atoms with van der Waals surface area (Å²) in [6.07, 6.45) is 3.59. The minimum absolute atomic E-state index is 0.356. The summed E-state index contributed by atoms with van der Waals surface area (Å²) in [6.45, 7) is 6.90. The maximum atomic E-state index is 5.90. The van der Waals surface area contributed by atoms with Gasteiger partial charge in [-0.15, -0.1) is 0 Å². The third kappa shape index (κ3) is 3.07. The molecule has 0 saturated heterocycles. The van der Waals surface area contributed by atoms with Crippen LogP contribution >= 0.6 is 22.6 Å². The molecule has 1 N–H and O–H groups in total. The lowest BCUT2D eigenvalue weighted by Crippen LogP contribution is -2.31. The van der Waals surface area contributed by atoms with Crippen molar-refractivity contribution in [3.63, 3.8) is 0 Å². The summed E-state index contributed by atoms with van der Waals surface area (Å²) in [5, 5.41) is 3.08. The maximum Gasteiger partial charge on any atom is 0.162 e. The normalized spacial score (nSPS) is 11.6. The minimum atomic E-state index is -0.356. The summed E-state index contributed by atoms with van der Waals surface area (Å²) in [7, 11) is 1.87. The molecule has 0 amide bonds. The highest BCUT2D eigenvalue weighted by atomic mass is 127. The monoisotopic (exact) mass is 349 g/mol. The molecular weight excluding hydrogens is 329 g/mol. The van der Waals surface area contributed by atoms with E-state index in [2.05, 4.69) is 51.7 Å². The minimum Gasteiger partial charge on any atom is -0.372 e. The van der Waals surface area contributed by atoms with Crippen molar-refractivity contribution < 1.29 is 4.74 Å². The van der Waals surface area contributed by atoms with Crippen molar-refractivity contribution in [3.05, 3.63) is 15.6 Å². The van der Waals surface area contributed by atoms with Gasteiger partial charge < -0.3 is 10.1 Å². The van der Waals surface area contributed by atoms with E-state index in [4.69, 9.17) is 4.74 Å². The molecule has 1 heterocycles. The number of anilines is 1. The molecule has 0 bridgehead atoms. The van der Waals surface area contributed by atoms with Gasteiger partial charge in [-0.3, -0.25) is 0 Å². The first-order valence-corrected chi connectivity index (χ1v) is 7.06. The molecule has 0 aromatic carbocycles. The van der Waals surface area contributed by atoms with Gasteiger partial charge in [-0.25, -0.2) is 9.97 Å². The molecule has 0 aliphatic rings. The zero-order valence-electron chi connectivity index (χ0n) is 10.9. The zero-order valence-corrected chi connectivity index (χ0v) is 13.0. The van der Waals surface area contributed by atoms with Gasteiger partial charge >= 0.3 is 0 Å². The smallest absolute Gasteiger partial charge is 0.162 e. The third-order valence-electron chi connectivity index (χ3n) is 2.95. The Morgan fingerprint density at radius 1 is 1.35 bits per heavy atom. The zero-order chi connectivity index (χ0) is 12.9. The summed E-state index contributed by atoms with van der Waals surface area (Å²) in [5.74, 6) is 1.63. The van der Waals surface area contributed by atoms with E-state index < -0.39 is 0 Å². The van der Waals surface area contributed by atoms with Gasteiger partial charge in [-0.1, -0.05) is 13.8 Å². The van der Waals surface area contributed by atoms with Crippen LogP contribution in [0.5, 0.6) is 0 Å². The first-order valence-electron chi connectivity index (χ1n) is 5.98. The number of ether oxygens (including phenoxy) is 1. The Morgan fingerprint density at radius 3 is 2.47 bits per heavy atom. The average Bonchev–Trinajstić information content (AvgIpc) is 2.37. The van der Waals surface area contributed by atoms with Gasteiger partial charge in [0.15, 0.2) is 5.82 Å². The van der Waals surface area contributed by atoms with Crippen molar-refractivity contribution in [2.24, 2.45) is 0 Å². The van der Waals surface area contributed by atoms with Crippen molar-refractivity contribution in [1.29, 1.82) is 0 Å². The fourth-order valence-corrected chi connectivity index (χ4v) is 2.40. The van der Waals surface area contributed by atoms with E-state index in [-0.39, 0.29) is 5.60 Å². The van der Waals surface area contributed by atoms with Crippen molar-refractivity contribution in [1.82, 2.24) is 9.97 Å². The highest BCUT2D eigenvalue weighted by molar-refractivity contribution is 14.1. The molecule has 4 nitrogen and oxygen atoms in total. The van der Waals surface area contributed by atoms with Crippen molar-refractivity contribution >= 4 is 28.4 Å². The van der Waals surface area contributed by atoms with Gasteiger partial charge in [0.25, 0.3) is 0 Å². The van der Waals surface area contributed by atoms with Crippen LogP contribution in [0.4, 0.5) is 5.82 Å². The van der Waals surface area contributed by atoms with E-state index in [1.165, 1.54) is 0 Å². The Labute approximate surface area is 117 Å². The summed E-state index contributed by atoms with van der Waals surface area (Å²) >= 11 is 2.22. The van der Waals surface area contributed by atoms with E-state index >= 15 is 0 Å². The van der Waals surface area contributed by atoms with E-state index in [1.54, 1.807) is 0 Å². The van der Waals surface area contributed by atoms with Crippen molar-refractivity contribution in [2.45, 2.75) is 39.2 Å². The van der Waals surface area contributed by atoms with Gasteiger partial charge in [0.05, 0.1) is 3.57 Å². The lowest BCUT2D eigenvalue weighted by Gasteiger charge is -2.30. The first kappa shape index (κ1) is 14.6. The molecule has 1 aromatic rings. The van der Waals surface area contributed by atoms with Crippen molar-refractivity contribution in [2.75, 3.05) is 19.0 Å². The van der Waals surface area contributed by atoms with Crippen molar-refractivity contribution in [3.8, 4) is 0 Å². The van der Waals surface area contributed by atoms with E-state index in [0.717, 1.165) is 28.1 Å². The van der Waals surface area contributed by atoms with E-state index in [0.29, 0.717) is 6.61 Å². The molecule has 0 fully saturated rings. The van der Waals surface area contributed by atoms with Gasteiger partial charge in [0, 0.05) is 19.9 Å². The van der Waals surface area contributed by atoms with Gasteiger partial charge in [0.1, 0.15) is 11.4 Å². The van der Waals surface area contributed by atoms with Crippen LogP contribution in [-0.2, 0) is 10.3 Å². The molecule has 0 spiro atoms. The highest BCUT2D eigenvalue weighted by Crippen LogP contribution is 2.31. The van der Waals surface area contributed by atoms with Gasteiger partial charge in [0.2, 0.25) is 0 Å². The Balaban J connectivity index is 3.18. The van der Waals surface area contributed by atoms with Gasteiger partial charge in [-0.05, 0) is 42.4 Å². The molecule has 0 saturated carbocycles. The molecule has 0 atom stereocenters. The topological polar surface area (TPSA) is 47.0 Å². The number of hydrogen-bond acceptors (Lipinski definition) is 4. The van der Waals surface area contributed by atoms with E-state index in [1.807, 2.05) is 20.2 Å². The molecule has 96 valence electrons. The molecule has 0 radical (unpaired) electrons. The highest BCUT2D eigenvalue weighted by Gasteiger charge is 2.32. The van der Waals surface area contributed by atoms with Crippen LogP contribution in [0.3, 0.4) is 0 Å². The SMILES string of the molecule is CCOC(CC)(CC)c1ncc(I)c(NC)n1. The number of aromatic nitrogens is 2.